The second-order valence-corrected chi connectivity index (χ2v) is 6.44. The lowest BCUT2D eigenvalue weighted by atomic mass is 10.1. The number of aromatic nitrogens is 1. The van der Waals surface area contributed by atoms with Crippen LogP contribution in [0.1, 0.15) is 17.0 Å². The van der Waals surface area contributed by atoms with Gasteiger partial charge in [0.15, 0.2) is 0 Å². The largest absolute Gasteiger partial charge is 0.344 e. The third-order valence-corrected chi connectivity index (χ3v) is 4.43. The normalized spacial score (nSPS) is 11.3. The monoisotopic (exact) mass is 361 g/mol. The van der Waals surface area contributed by atoms with Gasteiger partial charge in [-0.15, -0.1) is 0 Å². The highest BCUT2D eigenvalue weighted by molar-refractivity contribution is 6.42. The van der Waals surface area contributed by atoms with Gasteiger partial charge in [0.2, 0.25) is 0 Å². The van der Waals surface area contributed by atoms with Crippen LogP contribution in [0.4, 0.5) is 0 Å². The van der Waals surface area contributed by atoms with Gasteiger partial charge in [-0.1, -0.05) is 23.2 Å². The first-order valence-electron chi connectivity index (χ1n) is 7.24. The fraction of sp³-hybridized carbons (Fsp3) is 0.222. The minimum absolute atomic E-state index is 0.0920. The van der Waals surface area contributed by atoms with Crippen LogP contribution in [0, 0.1) is 25.2 Å². The minimum Gasteiger partial charge on any atom is -0.344 e. The van der Waals surface area contributed by atoms with Crippen LogP contribution < -0.4 is 0 Å². The molecule has 0 spiro atoms. The maximum Gasteiger partial charge on any atom is 0.264 e. The summed E-state index contributed by atoms with van der Waals surface area (Å²) in [5.41, 5.74) is 3.65. The fourth-order valence-electron chi connectivity index (χ4n) is 2.49. The van der Waals surface area contributed by atoms with Gasteiger partial charge >= 0.3 is 0 Å². The summed E-state index contributed by atoms with van der Waals surface area (Å²) in [4.78, 5) is 13.4. The Morgan fingerprint density at radius 2 is 1.88 bits per heavy atom. The Kier molecular flexibility index (Phi) is 5.38. The summed E-state index contributed by atoms with van der Waals surface area (Å²) in [6.07, 6.45) is 1.61. The van der Waals surface area contributed by atoms with E-state index in [9.17, 15) is 10.1 Å². The van der Waals surface area contributed by atoms with Crippen LogP contribution in [0.5, 0.6) is 0 Å². The van der Waals surface area contributed by atoms with Gasteiger partial charge in [0.05, 0.1) is 10.0 Å². The summed E-state index contributed by atoms with van der Waals surface area (Å²) >= 11 is 12.1. The van der Waals surface area contributed by atoms with Crippen molar-refractivity contribution < 1.29 is 4.79 Å². The Balaban J connectivity index is 2.55. The number of likely N-dealkylation sites (N-methyl/N-ethyl adjacent to an activating group) is 1. The number of nitriles is 1. The highest BCUT2D eigenvalue weighted by Gasteiger charge is 2.15. The summed E-state index contributed by atoms with van der Waals surface area (Å²) in [6.45, 7) is 3.88. The molecule has 0 unspecified atom stereocenters. The summed E-state index contributed by atoms with van der Waals surface area (Å²) in [5.74, 6) is -0.322. The molecule has 0 saturated carbocycles. The number of hydrogen-bond acceptors (Lipinski definition) is 2. The fourth-order valence-corrected chi connectivity index (χ4v) is 2.79. The van der Waals surface area contributed by atoms with Crippen LogP contribution in [0.2, 0.25) is 10.0 Å². The molecule has 124 valence electrons. The van der Waals surface area contributed by atoms with Gasteiger partial charge in [-0.25, -0.2) is 0 Å². The van der Waals surface area contributed by atoms with E-state index >= 15 is 0 Å². The molecule has 0 atom stereocenters. The average molecular weight is 362 g/mol. The summed E-state index contributed by atoms with van der Waals surface area (Å²) in [5, 5.41) is 10.2. The first kappa shape index (κ1) is 18.1. The molecule has 1 aromatic carbocycles. The molecule has 0 saturated heterocycles. The van der Waals surface area contributed by atoms with E-state index in [0.29, 0.717) is 10.0 Å². The van der Waals surface area contributed by atoms with E-state index in [4.69, 9.17) is 23.2 Å². The Morgan fingerprint density at radius 3 is 2.42 bits per heavy atom. The lowest BCUT2D eigenvalue weighted by Gasteiger charge is -2.11. The third-order valence-electron chi connectivity index (χ3n) is 3.69. The van der Waals surface area contributed by atoms with Crippen molar-refractivity contribution in [2.45, 2.75) is 13.8 Å². The van der Waals surface area contributed by atoms with Crippen molar-refractivity contribution in [2.24, 2.45) is 0 Å². The first-order chi connectivity index (χ1) is 11.3. The van der Waals surface area contributed by atoms with E-state index < -0.39 is 0 Å². The predicted octanol–water partition coefficient (Wildman–Crippen LogP) is 4.40. The van der Waals surface area contributed by atoms with E-state index in [2.05, 4.69) is 0 Å². The van der Waals surface area contributed by atoms with Crippen LogP contribution in [-0.4, -0.2) is 29.5 Å². The van der Waals surface area contributed by atoms with E-state index in [1.807, 2.05) is 36.6 Å². The topological polar surface area (TPSA) is 49.0 Å². The number of carbonyl (C=O) groups is 1. The van der Waals surface area contributed by atoms with Gasteiger partial charge < -0.3 is 9.47 Å². The van der Waals surface area contributed by atoms with E-state index in [0.717, 1.165) is 22.6 Å². The van der Waals surface area contributed by atoms with Gasteiger partial charge in [-0.3, -0.25) is 4.79 Å². The van der Waals surface area contributed by atoms with Gasteiger partial charge in [-0.2, -0.15) is 5.26 Å². The molecule has 0 bridgehead atoms. The lowest BCUT2D eigenvalue weighted by Crippen LogP contribution is -2.22. The van der Waals surface area contributed by atoms with E-state index in [1.165, 1.54) is 4.90 Å². The van der Waals surface area contributed by atoms with Gasteiger partial charge in [0, 0.05) is 31.2 Å². The van der Waals surface area contributed by atoms with Crippen molar-refractivity contribution >= 4 is 35.2 Å². The second kappa shape index (κ2) is 7.12. The average Bonchev–Trinajstić information content (AvgIpc) is 2.81. The Bertz CT molecular complexity index is 873. The number of hydrogen-bond donors (Lipinski definition) is 0. The molecule has 0 aliphatic rings. The maximum atomic E-state index is 12.0. The van der Waals surface area contributed by atoms with Crippen molar-refractivity contribution in [1.82, 2.24) is 9.47 Å². The van der Waals surface area contributed by atoms with Crippen molar-refractivity contribution in [3.05, 3.63) is 56.8 Å². The number of halogens is 2. The number of benzene rings is 1. The Labute approximate surface area is 151 Å². The quantitative estimate of drug-likeness (QED) is 0.600. The molecule has 1 heterocycles. The SMILES string of the molecule is Cc1cc(C=C(C#N)C(=O)N(C)C)c(C)n1-c1ccc(Cl)c(Cl)c1. The molecule has 1 amide bonds. The van der Waals surface area contributed by atoms with Crippen LogP contribution in [0.3, 0.4) is 0 Å². The molecular weight excluding hydrogens is 345 g/mol. The van der Waals surface area contributed by atoms with Gasteiger partial charge in [0.25, 0.3) is 5.91 Å². The van der Waals surface area contributed by atoms with Crippen LogP contribution in [0.15, 0.2) is 29.8 Å². The number of carbonyl (C=O) groups excluding carboxylic acids is 1. The summed E-state index contributed by atoms with van der Waals surface area (Å²) < 4.78 is 2.00. The number of amides is 1. The highest BCUT2D eigenvalue weighted by atomic mass is 35.5. The third kappa shape index (κ3) is 3.48. The van der Waals surface area contributed by atoms with Crippen molar-refractivity contribution in [1.29, 1.82) is 5.26 Å². The molecule has 1 aromatic heterocycles. The van der Waals surface area contributed by atoms with Gasteiger partial charge in [-0.05, 0) is 49.8 Å². The number of aryl methyl sites for hydroxylation is 1. The van der Waals surface area contributed by atoms with Crippen LogP contribution >= 0.6 is 23.2 Å². The number of nitrogens with zero attached hydrogens (tertiary/aromatic N) is 3. The zero-order valence-corrected chi connectivity index (χ0v) is 15.4. The maximum absolute atomic E-state index is 12.0. The van der Waals surface area contributed by atoms with E-state index in [1.54, 1.807) is 32.3 Å². The molecule has 2 aromatic rings. The Hall–Kier alpha value is -2.22. The van der Waals surface area contributed by atoms with Crippen LogP contribution in [0.25, 0.3) is 11.8 Å². The molecule has 6 heteroatoms. The lowest BCUT2D eigenvalue weighted by molar-refractivity contribution is -0.124. The molecule has 4 nitrogen and oxygen atoms in total. The van der Waals surface area contributed by atoms with Crippen molar-refractivity contribution in [3.8, 4) is 11.8 Å². The molecular formula is C18H17Cl2N3O. The smallest absolute Gasteiger partial charge is 0.264 e. The molecule has 24 heavy (non-hydrogen) atoms. The molecule has 0 N–H and O–H groups in total. The van der Waals surface area contributed by atoms with Crippen molar-refractivity contribution in [3.63, 3.8) is 0 Å². The standard InChI is InChI=1S/C18H17Cl2N3O/c1-11-7-13(8-14(10-21)18(24)22(3)4)12(2)23(11)15-5-6-16(19)17(20)9-15/h5-9H,1-4H3. The van der Waals surface area contributed by atoms with Gasteiger partial charge in [0.1, 0.15) is 11.6 Å². The first-order valence-corrected chi connectivity index (χ1v) is 7.99. The molecule has 0 fully saturated rings. The zero-order valence-electron chi connectivity index (χ0n) is 13.9. The molecule has 2 rings (SSSR count). The van der Waals surface area contributed by atoms with Crippen LogP contribution in [-0.2, 0) is 4.79 Å². The van der Waals surface area contributed by atoms with Crippen molar-refractivity contribution in [2.75, 3.05) is 14.1 Å². The summed E-state index contributed by atoms with van der Waals surface area (Å²) in [6, 6.07) is 9.29. The minimum atomic E-state index is -0.322. The second-order valence-electron chi connectivity index (χ2n) is 5.63. The molecule has 0 radical (unpaired) electrons. The molecule has 0 aliphatic heterocycles. The Morgan fingerprint density at radius 1 is 1.21 bits per heavy atom. The molecule has 0 aliphatic carbocycles. The zero-order chi connectivity index (χ0) is 18.0. The number of rotatable bonds is 3. The highest BCUT2D eigenvalue weighted by Crippen LogP contribution is 2.28. The van der Waals surface area contributed by atoms with E-state index in [-0.39, 0.29) is 11.5 Å². The summed E-state index contributed by atoms with van der Waals surface area (Å²) in [7, 11) is 3.24. The predicted molar refractivity (Wildman–Crippen MR) is 97.5 cm³/mol.